The molecule has 0 saturated carbocycles. The predicted octanol–water partition coefficient (Wildman–Crippen LogP) is 3.30. The van der Waals surface area contributed by atoms with Crippen LogP contribution < -0.4 is 10.6 Å². The van der Waals surface area contributed by atoms with Crippen molar-refractivity contribution >= 4 is 34.8 Å². The van der Waals surface area contributed by atoms with E-state index in [1.165, 1.54) is 0 Å². The van der Waals surface area contributed by atoms with Crippen molar-refractivity contribution in [1.29, 1.82) is 0 Å². The molecule has 2 amide bonds. The van der Waals surface area contributed by atoms with E-state index >= 15 is 0 Å². The van der Waals surface area contributed by atoms with Gasteiger partial charge in [-0.2, -0.15) is 0 Å². The van der Waals surface area contributed by atoms with Gasteiger partial charge in [-0.25, -0.2) is 0 Å². The number of nitrogens with zero attached hydrogens (tertiary/aromatic N) is 1. The van der Waals surface area contributed by atoms with Gasteiger partial charge < -0.3 is 10.2 Å². The number of rotatable bonds is 5. The maximum Gasteiger partial charge on any atom is 0.257 e. The van der Waals surface area contributed by atoms with Gasteiger partial charge in [-0.05, 0) is 62.5 Å². The van der Waals surface area contributed by atoms with E-state index in [1.54, 1.807) is 53.4 Å². The third kappa shape index (κ3) is 5.12. The molecule has 0 bridgehead atoms. The lowest BCUT2D eigenvalue weighted by atomic mass is 10.2. The molecular weight excluding hydrogens is 334 g/mol. The molecular formula is C19H21N3O2S. The summed E-state index contributed by atoms with van der Waals surface area (Å²) in [4.78, 5) is 26.1. The largest absolute Gasteiger partial charge is 0.339 e. The first-order valence-electron chi connectivity index (χ1n) is 8.11. The van der Waals surface area contributed by atoms with Gasteiger partial charge in [0.15, 0.2) is 5.11 Å². The summed E-state index contributed by atoms with van der Waals surface area (Å²) in [6.45, 7) is 5.24. The van der Waals surface area contributed by atoms with Crippen molar-refractivity contribution in [2.45, 2.75) is 13.8 Å². The number of benzene rings is 2. The normalized spacial score (nSPS) is 10.0. The Morgan fingerprint density at radius 3 is 2.08 bits per heavy atom. The molecule has 6 heteroatoms. The lowest BCUT2D eigenvalue weighted by Crippen LogP contribution is -2.34. The first-order valence-corrected chi connectivity index (χ1v) is 8.52. The van der Waals surface area contributed by atoms with Crippen molar-refractivity contribution in [1.82, 2.24) is 10.2 Å². The van der Waals surface area contributed by atoms with Crippen molar-refractivity contribution in [2.24, 2.45) is 0 Å². The second kappa shape index (κ2) is 8.94. The highest BCUT2D eigenvalue weighted by molar-refractivity contribution is 7.80. The van der Waals surface area contributed by atoms with Gasteiger partial charge in [0, 0.05) is 29.9 Å². The summed E-state index contributed by atoms with van der Waals surface area (Å²) in [5.41, 5.74) is 1.86. The molecule has 0 aliphatic carbocycles. The molecule has 2 rings (SSSR count). The average Bonchev–Trinajstić information content (AvgIpc) is 2.64. The molecule has 0 fully saturated rings. The molecule has 0 aliphatic heterocycles. The van der Waals surface area contributed by atoms with E-state index in [2.05, 4.69) is 10.6 Å². The number of hydrogen-bond acceptors (Lipinski definition) is 3. The van der Waals surface area contributed by atoms with Crippen LogP contribution in [0.2, 0.25) is 0 Å². The number of hydrogen-bond donors (Lipinski definition) is 2. The summed E-state index contributed by atoms with van der Waals surface area (Å²) < 4.78 is 0. The van der Waals surface area contributed by atoms with E-state index in [-0.39, 0.29) is 16.9 Å². The molecule has 0 aliphatic rings. The Morgan fingerprint density at radius 1 is 0.920 bits per heavy atom. The van der Waals surface area contributed by atoms with Crippen LogP contribution in [0.3, 0.4) is 0 Å². The minimum atomic E-state index is -0.272. The van der Waals surface area contributed by atoms with Crippen LogP contribution in [0, 0.1) is 0 Å². The topological polar surface area (TPSA) is 61.4 Å². The van der Waals surface area contributed by atoms with Gasteiger partial charge in [0.25, 0.3) is 11.8 Å². The number of carbonyl (C=O) groups is 2. The number of thiocarbonyl (C=S) groups is 1. The fraction of sp³-hybridized carbons (Fsp3) is 0.211. The number of carbonyl (C=O) groups excluding carboxylic acids is 2. The van der Waals surface area contributed by atoms with Crippen molar-refractivity contribution in [2.75, 3.05) is 18.4 Å². The third-order valence-electron chi connectivity index (χ3n) is 3.70. The lowest BCUT2D eigenvalue weighted by molar-refractivity contribution is 0.0772. The van der Waals surface area contributed by atoms with E-state index in [1.807, 2.05) is 19.9 Å². The molecule has 0 saturated heterocycles. The molecule has 0 unspecified atom stereocenters. The van der Waals surface area contributed by atoms with Gasteiger partial charge in [0.2, 0.25) is 0 Å². The van der Waals surface area contributed by atoms with Crippen LogP contribution in [-0.2, 0) is 0 Å². The van der Waals surface area contributed by atoms with E-state index in [9.17, 15) is 9.59 Å². The summed E-state index contributed by atoms with van der Waals surface area (Å²) >= 11 is 5.16. The maximum atomic E-state index is 12.3. The third-order valence-corrected chi connectivity index (χ3v) is 3.91. The van der Waals surface area contributed by atoms with Crippen LogP contribution >= 0.6 is 12.2 Å². The van der Waals surface area contributed by atoms with Gasteiger partial charge in [-0.3, -0.25) is 14.9 Å². The van der Waals surface area contributed by atoms with Crippen LogP contribution in [0.4, 0.5) is 5.69 Å². The van der Waals surface area contributed by atoms with Gasteiger partial charge in [-0.15, -0.1) is 0 Å². The van der Waals surface area contributed by atoms with Crippen molar-refractivity contribution in [3.05, 3.63) is 65.7 Å². The zero-order valence-electron chi connectivity index (χ0n) is 14.3. The minimum Gasteiger partial charge on any atom is -0.339 e. The molecule has 0 spiro atoms. The Hall–Kier alpha value is -2.73. The number of anilines is 1. The Kier molecular flexibility index (Phi) is 6.65. The molecule has 0 atom stereocenters. The summed E-state index contributed by atoms with van der Waals surface area (Å²) in [5.74, 6) is -0.275. The van der Waals surface area contributed by atoms with Crippen LogP contribution in [0.25, 0.3) is 0 Å². The van der Waals surface area contributed by atoms with E-state index < -0.39 is 0 Å². The zero-order valence-corrected chi connectivity index (χ0v) is 15.1. The predicted molar refractivity (Wildman–Crippen MR) is 104 cm³/mol. The van der Waals surface area contributed by atoms with Gasteiger partial charge in [-0.1, -0.05) is 18.2 Å². The number of nitrogens with one attached hydrogen (secondary N) is 2. The molecule has 2 aromatic rings. The van der Waals surface area contributed by atoms with Crippen molar-refractivity contribution in [3.8, 4) is 0 Å². The summed E-state index contributed by atoms with van der Waals surface area (Å²) in [5, 5.41) is 5.77. The highest BCUT2D eigenvalue weighted by Crippen LogP contribution is 2.12. The van der Waals surface area contributed by atoms with Crippen LogP contribution in [0.5, 0.6) is 0 Å². The Balaban J connectivity index is 1.95. The van der Waals surface area contributed by atoms with E-state index in [0.717, 1.165) is 0 Å². The Bertz CT molecular complexity index is 741. The smallest absolute Gasteiger partial charge is 0.257 e. The Labute approximate surface area is 153 Å². The summed E-state index contributed by atoms with van der Waals surface area (Å²) in [6, 6.07) is 15.9. The van der Waals surface area contributed by atoms with E-state index in [0.29, 0.717) is 29.9 Å². The molecule has 25 heavy (non-hydrogen) atoms. The van der Waals surface area contributed by atoms with Crippen LogP contribution in [0.15, 0.2) is 54.6 Å². The highest BCUT2D eigenvalue weighted by atomic mass is 32.1. The van der Waals surface area contributed by atoms with Gasteiger partial charge >= 0.3 is 0 Å². The molecule has 0 aromatic heterocycles. The molecule has 5 nitrogen and oxygen atoms in total. The second-order valence-electron chi connectivity index (χ2n) is 5.33. The second-order valence-corrected chi connectivity index (χ2v) is 5.74. The first-order chi connectivity index (χ1) is 12.0. The van der Waals surface area contributed by atoms with Gasteiger partial charge in [0.05, 0.1) is 0 Å². The van der Waals surface area contributed by atoms with Crippen LogP contribution in [-0.4, -0.2) is 34.9 Å². The van der Waals surface area contributed by atoms with Gasteiger partial charge in [0.1, 0.15) is 0 Å². The zero-order chi connectivity index (χ0) is 18.2. The monoisotopic (exact) mass is 355 g/mol. The van der Waals surface area contributed by atoms with E-state index in [4.69, 9.17) is 12.2 Å². The molecule has 130 valence electrons. The fourth-order valence-corrected chi connectivity index (χ4v) is 2.53. The molecule has 2 aromatic carbocycles. The SMILES string of the molecule is CCN(CC)C(=O)c1ccc(NC(=S)NC(=O)c2ccccc2)cc1. The number of amides is 2. The lowest BCUT2D eigenvalue weighted by Gasteiger charge is -2.18. The van der Waals surface area contributed by atoms with Crippen molar-refractivity contribution in [3.63, 3.8) is 0 Å². The average molecular weight is 355 g/mol. The highest BCUT2D eigenvalue weighted by Gasteiger charge is 2.12. The minimum absolute atomic E-state index is 0.00323. The van der Waals surface area contributed by atoms with Crippen molar-refractivity contribution < 1.29 is 9.59 Å². The molecule has 0 radical (unpaired) electrons. The fourth-order valence-electron chi connectivity index (χ4n) is 2.32. The Morgan fingerprint density at radius 2 is 1.52 bits per heavy atom. The molecule has 2 N–H and O–H groups in total. The standard InChI is InChI=1S/C19H21N3O2S/c1-3-22(4-2)18(24)15-10-12-16(13-11-15)20-19(25)21-17(23)14-8-6-5-7-9-14/h5-13H,3-4H2,1-2H3,(H2,20,21,23,25). The summed E-state index contributed by atoms with van der Waals surface area (Å²) in [7, 11) is 0. The molecule has 0 heterocycles. The van der Waals surface area contributed by atoms with Crippen LogP contribution in [0.1, 0.15) is 34.6 Å². The quantitative estimate of drug-likeness (QED) is 0.808. The summed E-state index contributed by atoms with van der Waals surface area (Å²) in [6.07, 6.45) is 0. The maximum absolute atomic E-state index is 12.3. The first kappa shape index (κ1) is 18.6.